The molecule has 32 heavy (non-hydrogen) atoms. The highest BCUT2D eigenvalue weighted by Crippen LogP contribution is 2.35. The van der Waals surface area contributed by atoms with E-state index in [2.05, 4.69) is 81.8 Å². The molecule has 170 valence electrons. The van der Waals surface area contributed by atoms with E-state index in [-0.39, 0.29) is 17.0 Å². The number of piperidine rings is 1. The summed E-state index contributed by atoms with van der Waals surface area (Å²) >= 11 is 0. The Labute approximate surface area is 191 Å². The van der Waals surface area contributed by atoms with Gasteiger partial charge in [0, 0.05) is 31.6 Å². The van der Waals surface area contributed by atoms with Crippen molar-refractivity contribution in [3.8, 4) is 0 Å². The quantitative estimate of drug-likeness (QED) is 0.619. The van der Waals surface area contributed by atoms with Crippen LogP contribution in [0.5, 0.6) is 0 Å². The molecule has 0 aromatic heterocycles. The molecule has 2 heterocycles. The molecule has 2 amide bonds. The standard InChI is InChI=1S/C27H35N3O2/c1-19(2)22-8-6-7-9-23(22)28-25(31)30-16-14-27(15-17-30)18-24(29-32-27)20-10-12-21(13-11-20)26(3,4)5/h6-13,18-19,29H,14-17H2,1-5H3,(H,28,31). The van der Waals surface area contributed by atoms with E-state index >= 15 is 0 Å². The molecule has 2 aromatic rings. The van der Waals surface area contributed by atoms with E-state index in [1.165, 1.54) is 5.56 Å². The van der Waals surface area contributed by atoms with Gasteiger partial charge in [0.25, 0.3) is 0 Å². The predicted octanol–water partition coefficient (Wildman–Crippen LogP) is 6.05. The lowest BCUT2D eigenvalue weighted by molar-refractivity contribution is -0.0634. The van der Waals surface area contributed by atoms with Crippen LogP contribution in [-0.4, -0.2) is 29.6 Å². The first-order valence-corrected chi connectivity index (χ1v) is 11.6. The molecule has 1 saturated heterocycles. The lowest BCUT2D eigenvalue weighted by atomic mass is 9.86. The Morgan fingerprint density at radius 1 is 1.06 bits per heavy atom. The lowest BCUT2D eigenvalue weighted by Gasteiger charge is -2.36. The molecule has 2 aliphatic heterocycles. The van der Waals surface area contributed by atoms with Crippen LogP contribution in [0.25, 0.3) is 5.70 Å². The molecule has 2 aromatic carbocycles. The van der Waals surface area contributed by atoms with Crippen LogP contribution in [0.3, 0.4) is 0 Å². The summed E-state index contributed by atoms with van der Waals surface area (Å²) in [4.78, 5) is 20.8. The van der Waals surface area contributed by atoms with Gasteiger partial charge in [-0.1, -0.05) is 77.1 Å². The van der Waals surface area contributed by atoms with E-state index < -0.39 is 0 Å². The maximum absolute atomic E-state index is 12.9. The summed E-state index contributed by atoms with van der Waals surface area (Å²) in [5, 5.41) is 3.11. The number of amides is 2. The third-order valence-corrected chi connectivity index (χ3v) is 6.55. The first-order chi connectivity index (χ1) is 15.2. The molecule has 1 fully saturated rings. The van der Waals surface area contributed by atoms with Crippen LogP contribution in [-0.2, 0) is 10.3 Å². The number of hydrogen-bond acceptors (Lipinski definition) is 3. The monoisotopic (exact) mass is 433 g/mol. The smallest absolute Gasteiger partial charge is 0.321 e. The van der Waals surface area contributed by atoms with Crippen LogP contribution >= 0.6 is 0 Å². The van der Waals surface area contributed by atoms with Crippen molar-refractivity contribution in [2.75, 3.05) is 18.4 Å². The largest absolute Gasteiger partial charge is 0.324 e. The maximum atomic E-state index is 12.9. The SMILES string of the molecule is CC(C)c1ccccc1NC(=O)N1CCC2(C=C(c3ccc(C(C)(C)C)cc3)NO2)CC1. The summed E-state index contributed by atoms with van der Waals surface area (Å²) in [6.07, 6.45) is 3.73. The minimum absolute atomic E-state index is 0.0409. The minimum Gasteiger partial charge on any atom is -0.324 e. The highest BCUT2D eigenvalue weighted by Gasteiger charge is 2.40. The summed E-state index contributed by atoms with van der Waals surface area (Å²) in [6.45, 7) is 12.3. The fourth-order valence-corrected chi connectivity index (χ4v) is 4.41. The summed E-state index contributed by atoms with van der Waals surface area (Å²) in [5.41, 5.74) is 8.42. The highest BCUT2D eigenvalue weighted by atomic mass is 16.7. The number of anilines is 1. The summed E-state index contributed by atoms with van der Waals surface area (Å²) in [5.74, 6) is 0.357. The highest BCUT2D eigenvalue weighted by molar-refractivity contribution is 5.90. The van der Waals surface area contributed by atoms with Gasteiger partial charge >= 0.3 is 6.03 Å². The van der Waals surface area contributed by atoms with E-state index in [0.29, 0.717) is 19.0 Å². The van der Waals surface area contributed by atoms with Crippen LogP contribution in [0, 0.1) is 0 Å². The lowest BCUT2D eigenvalue weighted by Crippen LogP contribution is -2.48. The van der Waals surface area contributed by atoms with Gasteiger partial charge in [0.15, 0.2) is 0 Å². The van der Waals surface area contributed by atoms with Gasteiger partial charge in [-0.2, -0.15) is 0 Å². The number of para-hydroxylation sites is 1. The molecule has 0 unspecified atom stereocenters. The van der Waals surface area contributed by atoms with E-state index in [9.17, 15) is 4.79 Å². The number of nitrogens with one attached hydrogen (secondary N) is 2. The van der Waals surface area contributed by atoms with Crippen LogP contribution in [0.1, 0.15) is 70.1 Å². The number of urea groups is 1. The van der Waals surface area contributed by atoms with Crippen molar-refractivity contribution in [2.24, 2.45) is 0 Å². The number of hydrogen-bond donors (Lipinski definition) is 2. The number of benzene rings is 2. The number of rotatable bonds is 3. The predicted molar refractivity (Wildman–Crippen MR) is 130 cm³/mol. The van der Waals surface area contributed by atoms with E-state index in [0.717, 1.165) is 35.4 Å². The normalized spacial score (nSPS) is 17.9. The van der Waals surface area contributed by atoms with E-state index in [1.54, 1.807) is 0 Å². The third kappa shape index (κ3) is 4.68. The van der Waals surface area contributed by atoms with Crippen LogP contribution in [0.4, 0.5) is 10.5 Å². The first-order valence-electron chi connectivity index (χ1n) is 11.6. The Morgan fingerprint density at radius 3 is 2.34 bits per heavy atom. The maximum Gasteiger partial charge on any atom is 0.321 e. The van der Waals surface area contributed by atoms with Gasteiger partial charge in [0.1, 0.15) is 5.60 Å². The molecule has 0 aliphatic carbocycles. The van der Waals surface area contributed by atoms with Gasteiger partial charge in [-0.05, 0) is 40.2 Å². The van der Waals surface area contributed by atoms with Crippen molar-refractivity contribution in [1.82, 2.24) is 10.4 Å². The molecular formula is C27H35N3O2. The van der Waals surface area contributed by atoms with Gasteiger partial charge in [-0.3, -0.25) is 10.3 Å². The second-order valence-corrected chi connectivity index (χ2v) is 10.3. The molecule has 5 heteroatoms. The minimum atomic E-state index is -0.356. The summed E-state index contributed by atoms with van der Waals surface area (Å²) < 4.78 is 0. The van der Waals surface area contributed by atoms with Crippen molar-refractivity contribution < 1.29 is 9.63 Å². The van der Waals surface area contributed by atoms with Crippen LogP contribution < -0.4 is 10.8 Å². The summed E-state index contributed by atoms with van der Waals surface area (Å²) in [7, 11) is 0. The molecule has 2 aliphatic rings. The molecule has 2 N–H and O–H groups in total. The van der Waals surface area contributed by atoms with Crippen LogP contribution in [0.15, 0.2) is 54.6 Å². The van der Waals surface area contributed by atoms with Crippen LogP contribution in [0.2, 0.25) is 0 Å². The Kier molecular flexibility index (Phi) is 6.04. The second-order valence-electron chi connectivity index (χ2n) is 10.3. The summed E-state index contributed by atoms with van der Waals surface area (Å²) in [6, 6.07) is 16.7. The molecule has 0 radical (unpaired) electrons. The second kappa shape index (κ2) is 8.62. The molecule has 0 atom stereocenters. The topological polar surface area (TPSA) is 53.6 Å². The van der Waals surface area contributed by atoms with Crippen molar-refractivity contribution in [3.63, 3.8) is 0 Å². The molecule has 4 rings (SSSR count). The van der Waals surface area contributed by atoms with Crippen molar-refractivity contribution in [3.05, 3.63) is 71.3 Å². The molecule has 0 bridgehead atoms. The Balaban J connectivity index is 1.39. The average molecular weight is 434 g/mol. The number of likely N-dealkylation sites (tertiary alicyclic amines) is 1. The third-order valence-electron chi connectivity index (χ3n) is 6.55. The zero-order valence-electron chi connectivity index (χ0n) is 19.9. The zero-order chi connectivity index (χ0) is 22.9. The van der Waals surface area contributed by atoms with Crippen molar-refractivity contribution in [2.45, 2.75) is 64.4 Å². The molecule has 0 saturated carbocycles. The molecular weight excluding hydrogens is 398 g/mol. The number of hydroxylamine groups is 1. The fourth-order valence-electron chi connectivity index (χ4n) is 4.41. The van der Waals surface area contributed by atoms with E-state index in [1.807, 2.05) is 23.1 Å². The van der Waals surface area contributed by atoms with Gasteiger partial charge in [0.05, 0.1) is 5.70 Å². The fraction of sp³-hybridized carbons (Fsp3) is 0.444. The number of carbonyl (C=O) groups excluding carboxylic acids is 1. The number of nitrogens with zero attached hydrogens (tertiary/aromatic N) is 1. The van der Waals surface area contributed by atoms with Gasteiger partial charge in [-0.15, -0.1) is 0 Å². The van der Waals surface area contributed by atoms with Gasteiger partial charge < -0.3 is 10.2 Å². The van der Waals surface area contributed by atoms with Crippen molar-refractivity contribution in [1.29, 1.82) is 0 Å². The number of carbonyl (C=O) groups is 1. The van der Waals surface area contributed by atoms with Gasteiger partial charge in [0.2, 0.25) is 0 Å². The first kappa shape index (κ1) is 22.4. The van der Waals surface area contributed by atoms with E-state index in [4.69, 9.17) is 4.84 Å². The zero-order valence-corrected chi connectivity index (χ0v) is 19.9. The van der Waals surface area contributed by atoms with Crippen molar-refractivity contribution >= 4 is 17.4 Å². The Bertz CT molecular complexity index is 994. The Hall–Kier alpha value is -2.79. The average Bonchev–Trinajstić information content (AvgIpc) is 3.17. The molecule has 1 spiro atoms. The van der Waals surface area contributed by atoms with Gasteiger partial charge in [-0.25, -0.2) is 4.79 Å². The molecule has 5 nitrogen and oxygen atoms in total. The Morgan fingerprint density at radius 2 is 1.72 bits per heavy atom.